The maximum absolute atomic E-state index is 4.37. The number of nitrogens with zero attached hydrogens (tertiary/aromatic N) is 2. The lowest BCUT2D eigenvalue weighted by atomic mass is 10.3. The van der Waals surface area contributed by atoms with Crippen LogP contribution in [0.25, 0.3) is 0 Å². The Balaban J connectivity index is 2.91. The SMILES string of the molecule is CCCc1nccn1[Si](C)(C)C. The van der Waals surface area contributed by atoms with E-state index in [0.29, 0.717) is 0 Å². The number of hydrogen-bond donors (Lipinski definition) is 0. The molecule has 0 amide bonds. The Hall–Kier alpha value is -0.573. The number of aromatic nitrogens is 2. The maximum Gasteiger partial charge on any atom is 0.154 e. The number of aryl methyl sites for hydroxylation is 1. The molecule has 0 bridgehead atoms. The van der Waals surface area contributed by atoms with Gasteiger partial charge in [-0.15, -0.1) is 0 Å². The van der Waals surface area contributed by atoms with Crippen LogP contribution in [-0.4, -0.2) is 17.5 Å². The van der Waals surface area contributed by atoms with Crippen molar-refractivity contribution in [3.63, 3.8) is 0 Å². The van der Waals surface area contributed by atoms with E-state index in [2.05, 4.69) is 42.0 Å². The molecule has 0 N–H and O–H groups in total. The van der Waals surface area contributed by atoms with Gasteiger partial charge >= 0.3 is 0 Å². The Morgan fingerprint density at radius 2 is 2.08 bits per heavy atom. The molecule has 1 rings (SSSR count). The molecule has 1 aromatic rings. The molecular weight excluding hydrogens is 164 g/mol. The van der Waals surface area contributed by atoms with Gasteiger partial charge in [-0.3, -0.25) is 0 Å². The van der Waals surface area contributed by atoms with E-state index in [0.717, 1.165) is 6.42 Å². The van der Waals surface area contributed by atoms with Crippen molar-refractivity contribution in [1.29, 1.82) is 0 Å². The molecule has 0 aliphatic rings. The van der Waals surface area contributed by atoms with Gasteiger partial charge < -0.3 is 4.23 Å². The summed E-state index contributed by atoms with van der Waals surface area (Å²) in [6, 6.07) is 0. The van der Waals surface area contributed by atoms with Crippen molar-refractivity contribution in [3.8, 4) is 0 Å². The Morgan fingerprint density at radius 1 is 1.42 bits per heavy atom. The summed E-state index contributed by atoms with van der Waals surface area (Å²) in [5.74, 6) is 1.26. The van der Waals surface area contributed by atoms with E-state index < -0.39 is 8.24 Å². The zero-order valence-corrected chi connectivity index (χ0v) is 9.46. The van der Waals surface area contributed by atoms with Crippen molar-refractivity contribution in [2.75, 3.05) is 0 Å². The Kier molecular flexibility index (Phi) is 2.72. The predicted molar refractivity (Wildman–Crippen MR) is 55.0 cm³/mol. The highest BCUT2D eigenvalue weighted by Gasteiger charge is 2.18. The van der Waals surface area contributed by atoms with Crippen LogP contribution in [0.5, 0.6) is 0 Å². The van der Waals surface area contributed by atoms with Gasteiger partial charge in [-0.1, -0.05) is 26.6 Å². The normalized spacial score (nSPS) is 12.0. The lowest BCUT2D eigenvalue weighted by Crippen LogP contribution is -2.33. The van der Waals surface area contributed by atoms with Crippen LogP contribution >= 0.6 is 0 Å². The molecule has 0 saturated carbocycles. The number of imidazole rings is 1. The summed E-state index contributed by atoms with van der Waals surface area (Å²) in [6.45, 7) is 9.22. The monoisotopic (exact) mass is 182 g/mol. The summed E-state index contributed by atoms with van der Waals surface area (Å²) in [6.07, 6.45) is 6.33. The maximum atomic E-state index is 4.37. The highest BCUT2D eigenvalue weighted by Crippen LogP contribution is 2.10. The van der Waals surface area contributed by atoms with E-state index >= 15 is 0 Å². The van der Waals surface area contributed by atoms with Gasteiger partial charge in [0.25, 0.3) is 0 Å². The minimum Gasteiger partial charge on any atom is -0.363 e. The second-order valence-electron chi connectivity index (χ2n) is 4.13. The first kappa shape index (κ1) is 9.51. The summed E-state index contributed by atoms with van der Waals surface area (Å²) in [4.78, 5) is 4.37. The van der Waals surface area contributed by atoms with Crippen molar-refractivity contribution in [1.82, 2.24) is 9.22 Å². The summed E-state index contributed by atoms with van der Waals surface area (Å²) in [7, 11) is -1.21. The summed E-state index contributed by atoms with van der Waals surface area (Å²) < 4.78 is 2.39. The largest absolute Gasteiger partial charge is 0.363 e. The lowest BCUT2D eigenvalue weighted by Gasteiger charge is -2.20. The van der Waals surface area contributed by atoms with Crippen LogP contribution in [0.3, 0.4) is 0 Å². The van der Waals surface area contributed by atoms with Crippen LogP contribution in [0.2, 0.25) is 19.6 Å². The first-order chi connectivity index (χ1) is 5.55. The van der Waals surface area contributed by atoms with Crippen molar-refractivity contribution in [2.45, 2.75) is 39.4 Å². The molecule has 0 atom stereocenters. The van der Waals surface area contributed by atoms with Crippen LogP contribution in [0.4, 0.5) is 0 Å². The quantitative estimate of drug-likeness (QED) is 0.657. The van der Waals surface area contributed by atoms with Gasteiger partial charge in [0, 0.05) is 18.8 Å². The fourth-order valence-electron chi connectivity index (χ4n) is 1.35. The molecule has 3 heteroatoms. The van der Waals surface area contributed by atoms with Crippen LogP contribution in [0, 0.1) is 0 Å². The van der Waals surface area contributed by atoms with Gasteiger partial charge in [0.05, 0.1) is 0 Å². The van der Waals surface area contributed by atoms with E-state index in [9.17, 15) is 0 Å². The zero-order chi connectivity index (χ0) is 9.19. The molecule has 0 spiro atoms. The highest BCUT2D eigenvalue weighted by molar-refractivity contribution is 6.74. The van der Waals surface area contributed by atoms with E-state index in [4.69, 9.17) is 0 Å². The minimum absolute atomic E-state index is 1.11. The molecule has 68 valence electrons. The Labute approximate surface area is 75.7 Å². The van der Waals surface area contributed by atoms with Crippen LogP contribution < -0.4 is 0 Å². The summed E-state index contributed by atoms with van der Waals surface area (Å²) in [5.41, 5.74) is 0. The molecule has 12 heavy (non-hydrogen) atoms. The van der Waals surface area contributed by atoms with Gasteiger partial charge in [-0.05, 0) is 6.42 Å². The second-order valence-corrected chi connectivity index (χ2v) is 8.96. The fourth-order valence-corrected chi connectivity index (χ4v) is 2.81. The van der Waals surface area contributed by atoms with Crippen LogP contribution in [0.1, 0.15) is 19.2 Å². The standard InChI is InChI=1S/C9H18N2Si/c1-5-6-9-10-7-8-11(9)12(2,3)4/h7-8H,5-6H2,1-4H3. The molecule has 0 unspecified atom stereocenters. The lowest BCUT2D eigenvalue weighted by molar-refractivity contribution is 0.826. The van der Waals surface area contributed by atoms with Gasteiger partial charge in [0.15, 0.2) is 8.24 Å². The predicted octanol–water partition coefficient (Wildman–Crippen LogP) is 2.52. The van der Waals surface area contributed by atoms with Gasteiger partial charge in [0.2, 0.25) is 0 Å². The second kappa shape index (κ2) is 3.43. The van der Waals surface area contributed by atoms with E-state index in [1.54, 1.807) is 0 Å². The fraction of sp³-hybridized carbons (Fsp3) is 0.667. The van der Waals surface area contributed by atoms with Crippen LogP contribution in [-0.2, 0) is 6.42 Å². The van der Waals surface area contributed by atoms with Crippen molar-refractivity contribution in [2.24, 2.45) is 0 Å². The first-order valence-corrected chi connectivity index (χ1v) is 8.03. The molecule has 0 aliphatic heterocycles. The topological polar surface area (TPSA) is 17.8 Å². The average Bonchev–Trinajstić information content (AvgIpc) is 2.34. The smallest absolute Gasteiger partial charge is 0.154 e. The third-order valence-corrected chi connectivity index (χ3v) is 3.77. The number of rotatable bonds is 3. The van der Waals surface area contributed by atoms with E-state index in [1.165, 1.54) is 12.2 Å². The molecule has 0 radical (unpaired) electrons. The first-order valence-electron chi connectivity index (χ1n) is 4.58. The molecule has 1 heterocycles. The third kappa shape index (κ3) is 1.97. The average molecular weight is 182 g/mol. The Morgan fingerprint density at radius 3 is 2.58 bits per heavy atom. The summed E-state index contributed by atoms with van der Waals surface area (Å²) >= 11 is 0. The molecule has 0 aromatic carbocycles. The minimum atomic E-state index is -1.21. The van der Waals surface area contributed by atoms with E-state index in [-0.39, 0.29) is 0 Å². The Bertz CT molecular complexity index is 247. The molecule has 0 saturated heterocycles. The zero-order valence-electron chi connectivity index (χ0n) is 8.46. The number of hydrogen-bond acceptors (Lipinski definition) is 1. The molecule has 2 nitrogen and oxygen atoms in total. The van der Waals surface area contributed by atoms with Gasteiger partial charge in [-0.25, -0.2) is 4.98 Å². The van der Waals surface area contributed by atoms with Crippen molar-refractivity contribution in [3.05, 3.63) is 18.2 Å². The van der Waals surface area contributed by atoms with Crippen molar-refractivity contribution < 1.29 is 0 Å². The molecule has 1 aromatic heterocycles. The molecular formula is C9H18N2Si. The van der Waals surface area contributed by atoms with Crippen molar-refractivity contribution >= 4 is 8.24 Å². The summed E-state index contributed by atoms with van der Waals surface area (Å²) in [5, 5.41) is 0. The van der Waals surface area contributed by atoms with Gasteiger partial charge in [0.1, 0.15) is 5.82 Å². The third-order valence-electron chi connectivity index (χ3n) is 1.91. The molecule has 0 aliphatic carbocycles. The highest BCUT2D eigenvalue weighted by atomic mass is 28.3. The van der Waals surface area contributed by atoms with Crippen LogP contribution in [0.15, 0.2) is 12.4 Å². The van der Waals surface area contributed by atoms with Gasteiger partial charge in [-0.2, -0.15) is 0 Å². The van der Waals surface area contributed by atoms with E-state index in [1.807, 2.05) is 6.20 Å². The molecule has 0 fully saturated rings.